The van der Waals surface area contributed by atoms with Crippen LogP contribution in [0.15, 0.2) is 79.5 Å². The minimum atomic E-state index is 0.693. The lowest BCUT2D eigenvalue weighted by Gasteiger charge is -2.28. The highest BCUT2D eigenvalue weighted by Gasteiger charge is 2.14. The molecule has 5 aromatic rings. The molecule has 0 saturated carbocycles. The predicted octanol–water partition coefficient (Wildman–Crippen LogP) is 3.73. The Labute approximate surface area is 203 Å². The highest BCUT2D eigenvalue weighted by molar-refractivity contribution is 5.84. The number of nitrogens with one attached hydrogen (secondary N) is 1. The summed E-state index contributed by atoms with van der Waals surface area (Å²) < 4.78 is 9.13. The largest absolute Gasteiger partial charge is 0.497 e. The summed E-state index contributed by atoms with van der Waals surface area (Å²) in [7, 11) is 1.68. The molecular formula is C27H27N7O. The third-order valence-electron chi connectivity index (χ3n) is 6.48. The van der Waals surface area contributed by atoms with Gasteiger partial charge in [-0.25, -0.2) is 9.50 Å². The van der Waals surface area contributed by atoms with Crippen LogP contribution in [-0.2, 0) is 6.54 Å². The molecule has 5 heterocycles. The topological polar surface area (TPSA) is 72.5 Å². The number of rotatable bonds is 6. The predicted molar refractivity (Wildman–Crippen MR) is 137 cm³/mol. The molecule has 1 fully saturated rings. The van der Waals surface area contributed by atoms with Crippen molar-refractivity contribution in [2.75, 3.05) is 38.2 Å². The van der Waals surface area contributed by atoms with E-state index in [-0.39, 0.29) is 0 Å². The average molecular weight is 466 g/mol. The van der Waals surface area contributed by atoms with Gasteiger partial charge in [-0.15, -0.1) is 0 Å². The summed E-state index contributed by atoms with van der Waals surface area (Å²) in [5.41, 5.74) is 6.49. The standard InChI is InChI=1S/C27H27N7O/c1-35-24-5-2-20(3-6-24)17-33-18-23(16-31-33)22-14-25(26-8-9-30-34(26)19-22)21-4-7-27(29-15-21)32-12-10-28-11-13-32/h2-9,14-16,18-19,28H,10-13,17H2,1H3. The summed E-state index contributed by atoms with van der Waals surface area (Å²) in [4.78, 5) is 7.10. The van der Waals surface area contributed by atoms with Gasteiger partial charge >= 0.3 is 0 Å². The number of benzene rings is 1. The number of piperazine rings is 1. The Hall–Kier alpha value is -4.17. The van der Waals surface area contributed by atoms with Crippen molar-refractivity contribution < 1.29 is 4.74 Å². The molecule has 0 spiro atoms. The number of pyridine rings is 2. The maximum atomic E-state index is 5.25. The molecule has 1 aliphatic rings. The molecule has 1 aromatic carbocycles. The second kappa shape index (κ2) is 9.23. The molecule has 1 N–H and O–H groups in total. The molecule has 1 aliphatic heterocycles. The Balaban J connectivity index is 1.29. The third kappa shape index (κ3) is 4.36. The van der Waals surface area contributed by atoms with Crippen LogP contribution in [0.1, 0.15) is 5.56 Å². The SMILES string of the molecule is COc1ccc(Cn2cc(-c3cc(-c4ccc(N5CCNCC5)nc4)c4ccnn4c3)cn2)cc1. The summed E-state index contributed by atoms with van der Waals surface area (Å²) in [6, 6.07) is 16.6. The van der Waals surface area contributed by atoms with Crippen LogP contribution in [0, 0.1) is 0 Å². The van der Waals surface area contributed by atoms with Crippen LogP contribution in [0.5, 0.6) is 5.75 Å². The first kappa shape index (κ1) is 21.4. The number of anilines is 1. The van der Waals surface area contributed by atoms with Crippen molar-refractivity contribution in [3.05, 3.63) is 85.1 Å². The third-order valence-corrected chi connectivity index (χ3v) is 6.48. The maximum Gasteiger partial charge on any atom is 0.128 e. The van der Waals surface area contributed by atoms with E-state index in [0.29, 0.717) is 6.54 Å². The van der Waals surface area contributed by atoms with Gasteiger partial charge in [-0.2, -0.15) is 10.2 Å². The lowest BCUT2D eigenvalue weighted by atomic mass is 10.0. The quantitative estimate of drug-likeness (QED) is 0.412. The minimum absolute atomic E-state index is 0.693. The van der Waals surface area contributed by atoms with E-state index < -0.39 is 0 Å². The average Bonchev–Trinajstić information content (AvgIpc) is 3.59. The van der Waals surface area contributed by atoms with Gasteiger partial charge in [0.2, 0.25) is 0 Å². The highest BCUT2D eigenvalue weighted by Crippen LogP contribution is 2.30. The van der Waals surface area contributed by atoms with Crippen molar-refractivity contribution >= 4 is 11.3 Å². The molecule has 8 nitrogen and oxygen atoms in total. The van der Waals surface area contributed by atoms with Gasteiger partial charge in [-0.3, -0.25) is 4.68 Å². The normalized spacial score (nSPS) is 13.9. The first-order chi connectivity index (χ1) is 17.3. The number of hydrogen-bond acceptors (Lipinski definition) is 6. The van der Waals surface area contributed by atoms with E-state index in [1.165, 1.54) is 5.56 Å². The number of fused-ring (bicyclic) bond motifs is 1. The molecular weight excluding hydrogens is 438 g/mol. The Morgan fingerprint density at radius 2 is 1.74 bits per heavy atom. The zero-order chi connectivity index (χ0) is 23.6. The number of ether oxygens (including phenoxy) is 1. The van der Waals surface area contributed by atoms with E-state index in [9.17, 15) is 0 Å². The first-order valence-electron chi connectivity index (χ1n) is 11.8. The second-order valence-electron chi connectivity index (χ2n) is 8.72. The Bertz CT molecular complexity index is 1430. The monoisotopic (exact) mass is 465 g/mol. The van der Waals surface area contributed by atoms with E-state index >= 15 is 0 Å². The van der Waals surface area contributed by atoms with Crippen molar-refractivity contribution in [2.24, 2.45) is 0 Å². The van der Waals surface area contributed by atoms with E-state index in [1.54, 1.807) is 7.11 Å². The molecule has 0 amide bonds. The highest BCUT2D eigenvalue weighted by atomic mass is 16.5. The first-order valence-corrected chi connectivity index (χ1v) is 11.8. The summed E-state index contributed by atoms with van der Waals surface area (Å²) in [5, 5.41) is 12.5. The Morgan fingerprint density at radius 3 is 2.51 bits per heavy atom. The Morgan fingerprint density at radius 1 is 0.886 bits per heavy atom. The van der Waals surface area contributed by atoms with Crippen molar-refractivity contribution in [1.29, 1.82) is 0 Å². The van der Waals surface area contributed by atoms with Gasteiger partial charge in [-0.1, -0.05) is 12.1 Å². The molecule has 176 valence electrons. The molecule has 0 unspecified atom stereocenters. The van der Waals surface area contributed by atoms with Crippen LogP contribution in [0.2, 0.25) is 0 Å². The zero-order valence-corrected chi connectivity index (χ0v) is 19.6. The number of nitrogens with zero attached hydrogens (tertiary/aromatic N) is 6. The smallest absolute Gasteiger partial charge is 0.128 e. The number of methoxy groups -OCH3 is 1. The minimum Gasteiger partial charge on any atom is -0.497 e. The van der Waals surface area contributed by atoms with E-state index in [1.807, 2.05) is 46.0 Å². The Kier molecular flexibility index (Phi) is 5.64. The van der Waals surface area contributed by atoms with Crippen LogP contribution < -0.4 is 15.0 Å². The van der Waals surface area contributed by atoms with Crippen molar-refractivity contribution in [3.63, 3.8) is 0 Å². The molecule has 6 rings (SSSR count). The van der Waals surface area contributed by atoms with Gasteiger partial charge in [0.25, 0.3) is 0 Å². The fourth-order valence-electron chi connectivity index (χ4n) is 4.56. The molecule has 1 saturated heterocycles. The molecule has 0 radical (unpaired) electrons. The second-order valence-corrected chi connectivity index (χ2v) is 8.72. The summed E-state index contributed by atoms with van der Waals surface area (Å²) in [6.45, 7) is 4.64. The van der Waals surface area contributed by atoms with Gasteiger partial charge in [-0.05, 0) is 42.0 Å². The van der Waals surface area contributed by atoms with E-state index in [0.717, 1.165) is 65.5 Å². The zero-order valence-electron chi connectivity index (χ0n) is 19.6. The van der Waals surface area contributed by atoms with Crippen LogP contribution >= 0.6 is 0 Å². The summed E-state index contributed by atoms with van der Waals surface area (Å²) in [6.07, 6.45) is 9.83. The van der Waals surface area contributed by atoms with Crippen molar-refractivity contribution in [1.82, 2.24) is 29.7 Å². The van der Waals surface area contributed by atoms with Crippen LogP contribution in [-0.4, -0.2) is 57.7 Å². The van der Waals surface area contributed by atoms with E-state index in [4.69, 9.17) is 9.72 Å². The fourth-order valence-corrected chi connectivity index (χ4v) is 4.56. The van der Waals surface area contributed by atoms with Crippen molar-refractivity contribution in [2.45, 2.75) is 6.54 Å². The van der Waals surface area contributed by atoms with Gasteiger partial charge in [0, 0.05) is 73.2 Å². The maximum absolute atomic E-state index is 5.25. The fraction of sp³-hybridized carbons (Fsp3) is 0.222. The molecule has 0 atom stereocenters. The number of hydrogen-bond donors (Lipinski definition) is 1. The lowest BCUT2D eigenvalue weighted by Crippen LogP contribution is -2.43. The summed E-state index contributed by atoms with van der Waals surface area (Å²) >= 11 is 0. The molecule has 0 aliphatic carbocycles. The van der Waals surface area contributed by atoms with Crippen LogP contribution in [0.4, 0.5) is 5.82 Å². The molecule has 8 heteroatoms. The van der Waals surface area contributed by atoms with Gasteiger partial charge in [0.1, 0.15) is 11.6 Å². The van der Waals surface area contributed by atoms with Crippen LogP contribution in [0.3, 0.4) is 0 Å². The van der Waals surface area contributed by atoms with E-state index in [2.05, 4.69) is 63.1 Å². The number of aromatic nitrogens is 5. The summed E-state index contributed by atoms with van der Waals surface area (Å²) in [5.74, 6) is 1.88. The molecule has 4 aromatic heterocycles. The molecule has 35 heavy (non-hydrogen) atoms. The van der Waals surface area contributed by atoms with Crippen LogP contribution in [0.25, 0.3) is 27.8 Å². The van der Waals surface area contributed by atoms with Crippen molar-refractivity contribution in [3.8, 4) is 28.0 Å². The molecule has 0 bridgehead atoms. The van der Waals surface area contributed by atoms with Gasteiger partial charge in [0.15, 0.2) is 0 Å². The van der Waals surface area contributed by atoms with Gasteiger partial charge < -0.3 is 15.0 Å². The van der Waals surface area contributed by atoms with Gasteiger partial charge in [0.05, 0.1) is 25.4 Å². The lowest BCUT2D eigenvalue weighted by molar-refractivity contribution is 0.414.